The summed E-state index contributed by atoms with van der Waals surface area (Å²) >= 11 is 0. The molecule has 0 aliphatic rings. The molecule has 0 saturated heterocycles. The van der Waals surface area contributed by atoms with Crippen molar-refractivity contribution in [2.24, 2.45) is 0 Å². The van der Waals surface area contributed by atoms with E-state index in [1.54, 1.807) is 29.2 Å². The summed E-state index contributed by atoms with van der Waals surface area (Å²) in [7, 11) is 0. The van der Waals surface area contributed by atoms with Gasteiger partial charge in [-0.3, -0.25) is 4.98 Å². The summed E-state index contributed by atoms with van der Waals surface area (Å²) in [5.74, 6) is -1.04. The van der Waals surface area contributed by atoms with Gasteiger partial charge in [0.05, 0.1) is 23.1 Å². The van der Waals surface area contributed by atoms with E-state index in [0.717, 1.165) is 23.8 Å². The maximum Gasteiger partial charge on any atom is 0.164 e. The molecule has 23 heavy (non-hydrogen) atoms. The van der Waals surface area contributed by atoms with Crippen molar-refractivity contribution in [2.45, 2.75) is 0 Å². The second-order valence-electron chi connectivity index (χ2n) is 4.98. The third-order valence-electron chi connectivity index (χ3n) is 3.51. The Bertz CT molecular complexity index is 996. The molecule has 3 heterocycles. The Balaban J connectivity index is 1.92. The first kappa shape index (κ1) is 13.5. The Morgan fingerprint density at radius 2 is 1.83 bits per heavy atom. The van der Waals surface area contributed by atoms with Crippen LogP contribution in [0.1, 0.15) is 0 Å². The van der Waals surface area contributed by atoms with E-state index in [2.05, 4.69) is 15.1 Å². The van der Waals surface area contributed by atoms with E-state index in [1.807, 2.05) is 18.2 Å². The predicted molar refractivity (Wildman–Crippen MR) is 81.6 cm³/mol. The van der Waals surface area contributed by atoms with Gasteiger partial charge in [0.15, 0.2) is 5.65 Å². The second kappa shape index (κ2) is 5.24. The molecular weight excluding hydrogens is 298 g/mol. The molecule has 0 radical (unpaired) electrons. The fourth-order valence-electron chi connectivity index (χ4n) is 2.42. The Labute approximate surface area is 130 Å². The largest absolute Gasteiger partial charge is 0.256 e. The van der Waals surface area contributed by atoms with Crippen LogP contribution in [0.4, 0.5) is 8.78 Å². The molecule has 0 aliphatic carbocycles. The number of hydrogen-bond donors (Lipinski definition) is 0. The number of fused-ring (bicyclic) bond motifs is 1. The van der Waals surface area contributed by atoms with Gasteiger partial charge >= 0.3 is 0 Å². The molecule has 0 unspecified atom stereocenters. The molecule has 0 amide bonds. The summed E-state index contributed by atoms with van der Waals surface area (Å²) < 4.78 is 28.9. The van der Waals surface area contributed by atoms with Gasteiger partial charge in [0.1, 0.15) is 11.6 Å². The molecule has 1 aromatic carbocycles. The zero-order valence-electron chi connectivity index (χ0n) is 11.8. The van der Waals surface area contributed by atoms with Crippen LogP contribution < -0.4 is 0 Å². The SMILES string of the molecule is Fc1ccc(F)c(-c2ccn3ncc(-c4ccccn4)c3n2)c1. The third kappa shape index (κ3) is 2.34. The molecule has 0 saturated carbocycles. The molecule has 4 nitrogen and oxygen atoms in total. The highest BCUT2D eigenvalue weighted by Gasteiger charge is 2.13. The lowest BCUT2D eigenvalue weighted by Crippen LogP contribution is -1.95. The summed E-state index contributed by atoms with van der Waals surface area (Å²) in [6, 6.07) is 10.4. The van der Waals surface area contributed by atoms with Crippen LogP contribution >= 0.6 is 0 Å². The van der Waals surface area contributed by atoms with Crippen molar-refractivity contribution in [3.8, 4) is 22.5 Å². The van der Waals surface area contributed by atoms with E-state index in [1.165, 1.54) is 0 Å². The Hall–Kier alpha value is -3.15. The standard InChI is InChI=1S/C17H10F2N4/c18-11-4-5-14(19)12(9-11)16-6-8-23-17(22-16)13(10-21-23)15-3-1-2-7-20-15/h1-10H. The van der Waals surface area contributed by atoms with Gasteiger partial charge in [-0.15, -0.1) is 0 Å². The minimum absolute atomic E-state index is 0.112. The highest BCUT2D eigenvalue weighted by Crippen LogP contribution is 2.26. The van der Waals surface area contributed by atoms with Crippen LogP contribution in [0, 0.1) is 11.6 Å². The van der Waals surface area contributed by atoms with Crippen LogP contribution in [0.3, 0.4) is 0 Å². The van der Waals surface area contributed by atoms with E-state index in [4.69, 9.17) is 0 Å². The maximum atomic E-state index is 14.0. The van der Waals surface area contributed by atoms with Crippen molar-refractivity contribution in [1.82, 2.24) is 19.6 Å². The number of halogens is 2. The molecule has 0 spiro atoms. The number of aromatic nitrogens is 4. The van der Waals surface area contributed by atoms with Gasteiger partial charge in [-0.25, -0.2) is 18.3 Å². The van der Waals surface area contributed by atoms with Crippen LogP contribution in [0.2, 0.25) is 0 Å². The molecule has 0 bridgehead atoms. The number of pyridine rings is 1. The first-order valence-corrected chi connectivity index (χ1v) is 6.93. The van der Waals surface area contributed by atoms with Gasteiger partial charge in [-0.05, 0) is 36.4 Å². The maximum absolute atomic E-state index is 14.0. The van der Waals surface area contributed by atoms with E-state index >= 15 is 0 Å². The zero-order valence-corrected chi connectivity index (χ0v) is 11.8. The molecule has 0 fully saturated rings. The van der Waals surface area contributed by atoms with Crippen molar-refractivity contribution in [3.05, 3.63) is 72.7 Å². The topological polar surface area (TPSA) is 43.1 Å². The third-order valence-corrected chi connectivity index (χ3v) is 3.51. The van der Waals surface area contributed by atoms with E-state index in [9.17, 15) is 8.78 Å². The molecule has 112 valence electrons. The number of benzene rings is 1. The number of hydrogen-bond acceptors (Lipinski definition) is 3. The van der Waals surface area contributed by atoms with E-state index < -0.39 is 11.6 Å². The highest BCUT2D eigenvalue weighted by atomic mass is 19.1. The molecule has 4 aromatic rings. The van der Waals surface area contributed by atoms with Gasteiger partial charge in [0.25, 0.3) is 0 Å². The number of rotatable bonds is 2. The van der Waals surface area contributed by atoms with Crippen molar-refractivity contribution in [2.75, 3.05) is 0 Å². The highest BCUT2D eigenvalue weighted by molar-refractivity contribution is 5.76. The fourth-order valence-corrected chi connectivity index (χ4v) is 2.42. The van der Waals surface area contributed by atoms with Crippen LogP contribution in [-0.2, 0) is 0 Å². The average Bonchev–Trinajstić information content (AvgIpc) is 3.01. The molecule has 3 aromatic heterocycles. The molecule has 6 heteroatoms. The van der Waals surface area contributed by atoms with Gasteiger partial charge in [-0.2, -0.15) is 5.10 Å². The lowest BCUT2D eigenvalue weighted by molar-refractivity contribution is 0.602. The lowest BCUT2D eigenvalue weighted by atomic mass is 10.1. The summed E-state index contributed by atoms with van der Waals surface area (Å²) in [4.78, 5) is 8.72. The van der Waals surface area contributed by atoms with Crippen molar-refractivity contribution in [1.29, 1.82) is 0 Å². The van der Waals surface area contributed by atoms with Gasteiger partial charge in [0, 0.05) is 18.0 Å². The van der Waals surface area contributed by atoms with Crippen LogP contribution in [-0.4, -0.2) is 19.6 Å². The van der Waals surface area contributed by atoms with Crippen LogP contribution in [0.5, 0.6) is 0 Å². The summed E-state index contributed by atoms with van der Waals surface area (Å²) in [6.45, 7) is 0. The first-order chi connectivity index (χ1) is 11.2. The Morgan fingerprint density at radius 3 is 2.65 bits per heavy atom. The molecular formula is C17H10F2N4. The number of nitrogens with zero attached hydrogens (tertiary/aromatic N) is 4. The second-order valence-corrected chi connectivity index (χ2v) is 4.98. The summed E-state index contributed by atoms with van der Waals surface area (Å²) in [5, 5.41) is 4.22. The van der Waals surface area contributed by atoms with Crippen LogP contribution in [0.15, 0.2) is 61.1 Å². The van der Waals surface area contributed by atoms with E-state index in [0.29, 0.717) is 17.0 Å². The van der Waals surface area contributed by atoms with Crippen molar-refractivity contribution < 1.29 is 8.78 Å². The van der Waals surface area contributed by atoms with Gasteiger partial charge < -0.3 is 0 Å². The minimum Gasteiger partial charge on any atom is -0.256 e. The normalized spacial score (nSPS) is 11.0. The fraction of sp³-hybridized carbons (Fsp3) is 0. The zero-order chi connectivity index (χ0) is 15.8. The molecule has 0 N–H and O–H groups in total. The smallest absolute Gasteiger partial charge is 0.164 e. The molecule has 0 atom stereocenters. The lowest BCUT2D eigenvalue weighted by Gasteiger charge is -2.04. The Kier molecular flexibility index (Phi) is 3.08. The predicted octanol–water partition coefficient (Wildman–Crippen LogP) is 3.74. The molecule has 0 aliphatic heterocycles. The minimum atomic E-state index is -0.526. The van der Waals surface area contributed by atoms with Crippen LogP contribution in [0.25, 0.3) is 28.2 Å². The summed E-state index contributed by atoms with van der Waals surface area (Å²) in [5.41, 5.74) is 2.42. The van der Waals surface area contributed by atoms with Gasteiger partial charge in [-0.1, -0.05) is 6.07 Å². The quantitative estimate of drug-likeness (QED) is 0.566. The van der Waals surface area contributed by atoms with Crippen molar-refractivity contribution >= 4 is 5.65 Å². The molecule has 4 rings (SSSR count). The monoisotopic (exact) mass is 308 g/mol. The Morgan fingerprint density at radius 1 is 0.913 bits per heavy atom. The summed E-state index contributed by atoms with van der Waals surface area (Å²) in [6.07, 6.45) is 4.99. The van der Waals surface area contributed by atoms with Gasteiger partial charge in [0.2, 0.25) is 0 Å². The van der Waals surface area contributed by atoms with E-state index in [-0.39, 0.29) is 5.56 Å². The van der Waals surface area contributed by atoms with Crippen molar-refractivity contribution in [3.63, 3.8) is 0 Å². The average molecular weight is 308 g/mol. The first-order valence-electron chi connectivity index (χ1n) is 6.93.